The van der Waals surface area contributed by atoms with Gasteiger partial charge in [-0.3, -0.25) is 0 Å². The maximum Gasteiger partial charge on any atom is 0.426 e. The predicted octanol–water partition coefficient (Wildman–Crippen LogP) is 2.44. The molecule has 0 aliphatic heterocycles. The van der Waals surface area contributed by atoms with E-state index >= 15 is 0 Å². The number of hydrogen-bond acceptors (Lipinski definition) is 2. The summed E-state index contributed by atoms with van der Waals surface area (Å²) in [5.74, 6) is 0. The molecule has 15 heteroatoms. The molecule has 0 unspecified atom stereocenters. The molecule has 0 amide bonds. The zero-order chi connectivity index (χ0) is 17.0. The van der Waals surface area contributed by atoms with Crippen molar-refractivity contribution in [1.29, 1.82) is 0 Å². The molecular formula is C6H5F12NO2. The van der Waals surface area contributed by atoms with Crippen LogP contribution in [-0.2, 0) is 0 Å². The zero-order valence-electron chi connectivity index (χ0n) is 9.39. The minimum atomic E-state index is -7.75. The molecule has 3 nitrogen and oxygen atoms in total. The summed E-state index contributed by atoms with van der Waals surface area (Å²) >= 11 is 0. The number of halogens is 12. The van der Waals surface area contributed by atoms with Crippen molar-refractivity contribution in [1.82, 2.24) is 6.15 Å². The number of quaternary nitrogens is 1. The van der Waals surface area contributed by atoms with Crippen molar-refractivity contribution >= 4 is 0 Å². The summed E-state index contributed by atoms with van der Waals surface area (Å²) in [5, 5.41) is 18.6. The van der Waals surface area contributed by atoms with Crippen LogP contribution >= 0.6 is 0 Å². The molecule has 0 saturated carbocycles. The Kier molecular flexibility index (Phi) is 5.36. The lowest BCUT2D eigenvalue weighted by Crippen LogP contribution is -2.86. The van der Waals surface area contributed by atoms with Crippen molar-refractivity contribution in [3.63, 3.8) is 0 Å². The fourth-order valence-electron chi connectivity index (χ4n) is 1.13. The summed E-state index contributed by atoms with van der Waals surface area (Å²) in [6.45, 7) is 0. The maximum atomic E-state index is 12.0. The Hall–Kier alpha value is -0.960. The summed E-state index contributed by atoms with van der Waals surface area (Å²) in [4.78, 5) is 0. The van der Waals surface area contributed by atoms with Crippen molar-refractivity contribution in [2.24, 2.45) is 0 Å². The maximum absolute atomic E-state index is 12.0. The van der Waals surface area contributed by atoms with E-state index in [1.54, 1.807) is 0 Å². The standard InChI is InChI=1S/C6HF12O2.H3N/c7-3(8,9)1(19,4(10,11)12)2(20,5(13,14)15)6(16,17)18;/h19H;1H3/q-1;/p+1. The van der Waals surface area contributed by atoms with Crippen LogP contribution in [0, 0.1) is 0 Å². The highest BCUT2D eigenvalue weighted by atomic mass is 19.4. The minimum absolute atomic E-state index is 0. The zero-order valence-corrected chi connectivity index (χ0v) is 9.39. The molecule has 0 aliphatic rings. The van der Waals surface area contributed by atoms with Crippen LogP contribution in [0.1, 0.15) is 0 Å². The third-order valence-electron chi connectivity index (χ3n) is 2.13. The molecule has 0 atom stereocenters. The first-order valence-electron chi connectivity index (χ1n) is 3.95. The third-order valence-corrected chi connectivity index (χ3v) is 2.13. The Morgan fingerprint density at radius 1 is 0.524 bits per heavy atom. The molecule has 0 aliphatic carbocycles. The molecule has 0 fully saturated rings. The monoisotopic (exact) mass is 351 g/mol. The fourth-order valence-corrected chi connectivity index (χ4v) is 1.13. The summed E-state index contributed by atoms with van der Waals surface area (Å²) < 4.78 is 144. The van der Waals surface area contributed by atoms with Gasteiger partial charge < -0.3 is 16.4 Å². The van der Waals surface area contributed by atoms with Crippen LogP contribution in [0.2, 0.25) is 0 Å². The molecule has 0 aromatic heterocycles. The van der Waals surface area contributed by atoms with E-state index in [2.05, 4.69) is 0 Å². The van der Waals surface area contributed by atoms with E-state index in [0.717, 1.165) is 0 Å². The van der Waals surface area contributed by atoms with E-state index in [1.165, 1.54) is 0 Å². The molecule has 0 aromatic rings. The van der Waals surface area contributed by atoms with E-state index in [9.17, 15) is 57.8 Å². The van der Waals surface area contributed by atoms with Gasteiger partial charge in [0.05, 0.1) is 0 Å². The molecule has 0 saturated heterocycles. The number of aliphatic hydroxyl groups is 1. The van der Waals surface area contributed by atoms with Crippen LogP contribution in [0.4, 0.5) is 52.7 Å². The lowest BCUT2D eigenvalue weighted by Gasteiger charge is -2.53. The van der Waals surface area contributed by atoms with Gasteiger partial charge in [0.25, 0.3) is 5.60 Å². The van der Waals surface area contributed by atoms with Crippen LogP contribution in [0.3, 0.4) is 0 Å². The Morgan fingerprint density at radius 2 is 0.714 bits per heavy atom. The van der Waals surface area contributed by atoms with Gasteiger partial charge in [-0.25, -0.2) is 0 Å². The number of rotatable bonds is 1. The number of hydrogen-bond donors (Lipinski definition) is 2. The molecule has 0 aromatic carbocycles. The Labute approximate surface area is 106 Å². The van der Waals surface area contributed by atoms with Crippen LogP contribution < -0.4 is 11.3 Å². The van der Waals surface area contributed by atoms with Gasteiger partial charge in [-0.15, -0.1) is 0 Å². The highest BCUT2D eigenvalue weighted by Crippen LogP contribution is 2.58. The van der Waals surface area contributed by atoms with Crippen LogP contribution in [-0.4, -0.2) is 41.0 Å². The molecule has 21 heavy (non-hydrogen) atoms. The number of alkyl halides is 12. The van der Waals surface area contributed by atoms with Gasteiger partial charge in [0.2, 0.25) is 0 Å². The van der Waals surface area contributed by atoms with E-state index in [1.807, 2.05) is 0 Å². The van der Waals surface area contributed by atoms with E-state index in [4.69, 9.17) is 5.11 Å². The van der Waals surface area contributed by atoms with Gasteiger partial charge in [0, 0.05) is 0 Å². The Bertz CT molecular complexity index is 298. The van der Waals surface area contributed by atoms with Crippen LogP contribution in [0.25, 0.3) is 0 Å². The molecule has 130 valence electrons. The lowest BCUT2D eigenvalue weighted by molar-refractivity contribution is -0.651. The van der Waals surface area contributed by atoms with Crippen LogP contribution in [0.15, 0.2) is 0 Å². The predicted molar refractivity (Wildman–Crippen MR) is 37.9 cm³/mol. The quantitative estimate of drug-likeness (QED) is 0.712. The van der Waals surface area contributed by atoms with Gasteiger partial charge in [0.15, 0.2) is 0 Å². The summed E-state index contributed by atoms with van der Waals surface area (Å²) in [5.41, 5.74) is -15.4. The Morgan fingerprint density at radius 3 is 0.762 bits per heavy atom. The largest absolute Gasteiger partial charge is 0.834 e. The Balaban J connectivity index is 0. The summed E-state index contributed by atoms with van der Waals surface area (Å²) in [6.07, 6.45) is -30.4. The second-order valence-corrected chi connectivity index (χ2v) is 3.38. The lowest BCUT2D eigenvalue weighted by atomic mass is 9.79. The first kappa shape index (κ1) is 22.3. The summed E-state index contributed by atoms with van der Waals surface area (Å²) in [6, 6.07) is 0. The van der Waals surface area contributed by atoms with Crippen molar-refractivity contribution in [2.75, 3.05) is 0 Å². The van der Waals surface area contributed by atoms with Gasteiger partial charge in [-0.05, 0) is 0 Å². The molecule has 0 heterocycles. The SMILES string of the molecule is [NH4+].[O-]C(C(F)(F)F)(C(F)(F)F)C(O)(C(F)(F)F)C(F)(F)F. The third kappa shape index (κ3) is 2.85. The van der Waals surface area contributed by atoms with Crippen molar-refractivity contribution in [3.8, 4) is 0 Å². The van der Waals surface area contributed by atoms with Gasteiger partial charge >= 0.3 is 24.7 Å². The smallest absolute Gasteiger partial charge is 0.426 e. The fraction of sp³-hybridized carbons (Fsp3) is 1.00. The van der Waals surface area contributed by atoms with E-state index in [-0.39, 0.29) is 6.15 Å². The highest BCUT2D eigenvalue weighted by molar-refractivity contribution is 5.15. The average Bonchev–Trinajstić information content (AvgIpc) is 2.07. The normalized spacial score (nSPS) is 15.7. The molecule has 5 N–H and O–H groups in total. The first-order valence-corrected chi connectivity index (χ1v) is 3.95. The minimum Gasteiger partial charge on any atom is -0.834 e. The second-order valence-electron chi connectivity index (χ2n) is 3.38. The topological polar surface area (TPSA) is 79.8 Å². The molecule has 0 spiro atoms. The van der Waals surface area contributed by atoms with E-state index in [0.29, 0.717) is 0 Å². The molecular weight excluding hydrogens is 346 g/mol. The van der Waals surface area contributed by atoms with Gasteiger partial charge in [-0.1, -0.05) is 0 Å². The summed E-state index contributed by atoms with van der Waals surface area (Å²) in [7, 11) is 0. The van der Waals surface area contributed by atoms with Crippen molar-refractivity contribution in [2.45, 2.75) is 35.9 Å². The highest BCUT2D eigenvalue weighted by Gasteiger charge is 2.87. The molecule has 0 rings (SSSR count). The van der Waals surface area contributed by atoms with Crippen molar-refractivity contribution < 1.29 is 62.9 Å². The van der Waals surface area contributed by atoms with Crippen LogP contribution in [0.5, 0.6) is 0 Å². The second kappa shape index (κ2) is 5.05. The average molecular weight is 351 g/mol. The van der Waals surface area contributed by atoms with Gasteiger partial charge in [0.1, 0.15) is 5.60 Å². The first-order chi connectivity index (χ1) is 8.25. The van der Waals surface area contributed by atoms with Gasteiger partial charge in [-0.2, -0.15) is 52.7 Å². The van der Waals surface area contributed by atoms with Crippen molar-refractivity contribution in [3.05, 3.63) is 0 Å². The molecule has 0 radical (unpaired) electrons. The van der Waals surface area contributed by atoms with E-state index < -0.39 is 35.9 Å². The molecule has 0 bridgehead atoms.